The number of Topliss-reactive ketones (excluding diaryl/α,β-unsaturated/α-hetero) is 1. The topological polar surface area (TPSA) is 36.5 Å². The third kappa shape index (κ3) is 5.22. The van der Waals surface area contributed by atoms with Crippen LogP contribution < -0.4 is 0 Å². The minimum absolute atomic E-state index is 0. The number of carbonyl (C=O) groups excluding carboxylic acids is 1. The average Bonchev–Trinajstić information content (AvgIpc) is 3.10. The van der Waals surface area contributed by atoms with Crippen molar-refractivity contribution in [2.75, 3.05) is 100 Å². The zero-order chi connectivity index (χ0) is 29.0. The van der Waals surface area contributed by atoms with Gasteiger partial charge in [-0.15, -0.1) is 0 Å². The van der Waals surface area contributed by atoms with Crippen molar-refractivity contribution in [1.29, 1.82) is 0 Å². The van der Waals surface area contributed by atoms with Crippen LogP contribution in [0.25, 0.3) is 0 Å². The monoisotopic (exact) mass is 614 g/mol. The molecule has 0 radical (unpaired) electrons. The first-order chi connectivity index (χ1) is 19.5. The predicted molar refractivity (Wildman–Crippen MR) is 166 cm³/mol. The van der Waals surface area contributed by atoms with Crippen molar-refractivity contribution < 1.29 is 21.9 Å². The van der Waals surface area contributed by atoms with Gasteiger partial charge in [0.25, 0.3) is 0 Å². The number of rotatable bonds is 4. The van der Waals surface area contributed by atoms with E-state index >= 15 is 4.79 Å². The number of hydrogen-bond donors (Lipinski definition) is 0. The molecule has 2 aromatic rings. The predicted octanol–water partition coefficient (Wildman–Crippen LogP) is 2.29. The van der Waals surface area contributed by atoms with Crippen molar-refractivity contribution in [3.63, 3.8) is 0 Å². The van der Waals surface area contributed by atoms with Crippen LogP contribution in [0.5, 0.6) is 0 Å². The SMILES string of the molecule is CN1CCN(C)CC(C)(N2CC3(c4ccccc4)CN(C4(C)CN(C)CCN(C)C4)C(c4ccccc4)(C2)C3=O)C1.[Fe+6]. The summed E-state index contributed by atoms with van der Waals surface area (Å²) in [6.07, 6.45) is 0. The number of piperidine rings is 1. The Morgan fingerprint density at radius 2 is 0.976 bits per heavy atom. The minimum Gasteiger partial charge on any atom is -0.303 e. The zero-order valence-electron chi connectivity index (χ0n) is 26.5. The van der Waals surface area contributed by atoms with E-state index in [1.54, 1.807) is 0 Å². The molecule has 2 bridgehead atoms. The third-order valence-corrected chi connectivity index (χ3v) is 10.7. The maximum absolute atomic E-state index is 15.5. The molecular formula is C34H50FeN6O+6. The Morgan fingerprint density at radius 1 is 0.548 bits per heavy atom. The Hall–Kier alpha value is -1.61. The third-order valence-electron chi connectivity index (χ3n) is 10.7. The molecule has 7 nitrogen and oxygen atoms in total. The largest absolute Gasteiger partial charge is 6.00 e. The van der Waals surface area contributed by atoms with Gasteiger partial charge in [-0.05, 0) is 53.2 Å². The van der Waals surface area contributed by atoms with Crippen LogP contribution in [0.15, 0.2) is 60.7 Å². The summed E-state index contributed by atoms with van der Waals surface area (Å²) >= 11 is 0. The summed E-state index contributed by atoms with van der Waals surface area (Å²) in [5.41, 5.74) is 0.680. The second kappa shape index (κ2) is 11.7. The number of fused-ring (bicyclic) bond motifs is 2. The van der Waals surface area contributed by atoms with Crippen molar-refractivity contribution in [3.8, 4) is 0 Å². The van der Waals surface area contributed by atoms with Crippen LogP contribution in [0, 0.1) is 0 Å². The van der Waals surface area contributed by atoms with Gasteiger partial charge in [-0.3, -0.25) is 14.6 Å². The molecule has 6 rings (SSSR count). The molecule has 4 aliphatic rings. The van der Waals surface area contributed by atoms with E-state index in [1.807, 2.05) is 0 Å². The van der Waals surface area contributed by atoms with Crippen LogP contribution in [-0.2, 0) is 32.8 Å². The van der Waals surface area contributed by atoms with Gasteiger partial charge in [0.1, 0.15) is 5.54 Å². The molecule has 0 amide bonds. The van der Waals surface area contributed by atoms with Gasteiger partial charge in [0.15, 0.2) is 5.78 Å². The molecule has 42 heavy (non-hydrogen) atoms. The molecule has 0 N–H and O–H groups in total. The molecule has 0 saturated carbocycles. The van der Waals surface area contributed by atoms with E-state index in [9.17, 15) is 0 Å². The number of hydrogen-bond acceptors (Lipinski definition) is 7. The fourth-order valence-electron chi connectivity index (χ4n) is 8.92. The first kappa shape index (κ1) is 31.8. The smallest absolute Gasteiger partial charge is 0.303 e. The maximum Gasteiger partial charge on any atom is 6.00 e. The molecule has 4 heterocycles. The van der Waals surface area contributed by atoms with Gasteiger partial charge in [-0.2, -0.15) is 0 Å². The normalized spacial score (nSPS) is 31.8. The fraction of sp³-hybridized carbons (Fsp3) is 0.618. The van der Waals surface area contributed by atoms with Gasteiger partial charge in [-0.25, -0.2) is 0 Å². The van der Waals surface area contributed by atoms with Crippen molar-refractivity contribution in [2.24, 2.45) is 0 Å². The molecule has 224 valence electrons. The van der Waals surface area contributed by atoms with E-state index < -0.39 is 11.0 Å². The summed E-state index contributed by atoms with van der Waals surface area (Å²) in [5.74, 6) is 0.383. The molecule has 2 atom stereocenters. The second-order valence-corrected chi connectivity index (χ2v) is 14.4. The van der Waals surface area contributed by atoms with E-state index in [0.29, 0.717) is 12.3 Å². The molecule has 4 aliphatic heterocycles. The maximum atomic E-state index is 15.5. The number of ketones is 1. The Labute approximate surface area is 264 Å². The number of carbonyl (C=O) groups is 1. The molecule has 4 saturated heterocycles. The Bertz CT molecular complexity index is 1220. The summed E-state index contributed by atoms with van der Waals surface area (Å²) in [7, 11) is 9.00. The molecule has 2 unspecified atom stereocenters. The molecule has 0 spiro atoms. The number of likely N-dealkylation sites (N-methyl/N-ethyl adjacent to an activating group) is 4. The van der Waals surface area contributed by atoms with Gasteiger partial charge in [-0.1, -0.05) is 60.7 Å². The van der Waals surface area contributed by atoms with Crippen LogP contribution in [-0.4, -0.2) is 146 Å². The van der Waals surface area contributed by atoms with E-state index in [1.165, 1.54) is 0 Å². The Balaban J connectivity index is 0.00000353. The molecule has 0 aromatic heterocycles. The summed E-state index contributed by atoms with van der Waals surface area (Å²) < 4.78 is 0. The van der Waals surface area contributed by atoms with Crippen molar-refractivity contribution in [1.82, 2.24) is 29.4 Å². The van der Waals surface area contributed by atoms with Gasteiger partial charge >= 0.3 is 17.1 Å². The Kier molecular flexibility index (Phi) is 8.87. The van der Waals surface area contributed by atoms with Gasteiger partial charge in [0.2, 0.25) is 0 Å². The fourth-order valence-corrected chi connectivity index (χ4v) is 8.92. The first-order valence-electron chi connectivity index (χ1n) is 15.4. The summed E-state index contributed by atoms with van der Waals surface area (Å²) in [6.45, 7) is 15.1. The number of benzene rings is 2. The zero-order valence-corrected chi connectivity index (χ0v) is 27.6. The summed E-state index contributed by atoms with van der Waals surface area (Å²) in [5, 5.41) is 0. The number of nitrogens with zero attached hydrogens (tertiary/aromatic N) is 6. The van der Waals surface area contributed by atoms with E-state index in [4.69, 9.17) is 0 Å². The molecule has 0 aliphatic carbocycles. The van der Waals surface area contributed by atoms with E-state index in [2.05, 4.69) is 132 Å². The number of likely N-dealkylation sites (tertiary alicyclic amines) is 2. The van der Waals surface area contributed by atoms with Crippen molar-refractivity contribution >= 4 is 5.78 Å². The van der Waals surface area contributed by atoms with Crippen molar-refractivity contribution in [3.05, 3.63) is 71.8 Å². The Morgan fingerprint density at radius 3 is 1.45 bits per heavy atom. The quantitative estimate of drug-likeness (QED) is 0.490. The van der Waals surface area contributed by atoms with E-state index in [-0.39, 0.29) is 28.1 Å². The summed E-state index contributed by atoms with van der Waals surface area (Å²) in [6, 6.07) is 21.5. The van der Waals surface area contributed by atoms with Crippen LogP contribution in [0.2, 0.25) is 0 Å². The molecule has 2 aromatic carbocycles. The molecule has 8 heteroatoms. The van der Waals surface area contributed by atoms with Crippen LogP contribution in [0.4, 0.5) is 0 Å². The molecule has 4 fully saturated rings. The van der Waals surface area contributed by atoms with E-state index in [0.717, 1.165) is 76.6 Å². The van der Waals surface area contributed by atoms with Crippen LogP contribution in [0.1, 0.15) is 25.0 Å². The molecular weight excluding hydrogens is 564 g/mol. The summed E-state index contributed by atoms with van der Waals surface area (Å²) in [4.78, 5) is 30.8. The minimum atomic E-state index is -0.734. The van der Waals surface area contributed by atoms with Crippen LogP contribution >= 0.6 is 0 Å². The van der Waals surface area contributed by atoms with Gasteiger partial charge < -0.3 is 19.6 Å². The van der Waals surface area contributed by atoms with Gasteiger partial charge in [0.05, 0.1) is 5.41 Å². The first-order valence-corrected chi connectivity index (χ1v) is 15.4. The van der Waals surface area contributed by atoms with Crippen molar-refractivity contribution in [2.45, 2.75) is 35.9 Å². The van der Waals surface area contributed by atoms with Crippen LogP contribution in [0.3, 0.4) is 0 Å². The second-order valence-electron chi connectivity index (χ2n) is 14.4. The van der Waals surface area contributed by atoms with Gasteiger partial charge in [0, 0.05) is 83.1 Å². The average molecular weight is 615 g/mol. The standard InChI is InChI=1S/C34H50N6O.Fe/c1-31(21-35(3)17-18-36(4)22-31)39-25-33(28-13-9-7-10-14-28)26-40(32(2)23-37(5)19-20-38(6)24-32)34(27-39,30(33)41)29-15-11-8-12-16-29;/h7-16H,17-27H2,1-6H3;/q;+6.